The molecule has 0 aromatic carbocycles. The van der Waals surface area contributed by atoms with Crippen LogP contribution in [0.1, 0.15) is 39.2 Å². The molecule has 3 heterocycles. The predicted molar refractivity (Wildman–Crippen MR) is 128 cm³/mol. The van der Waals surface area contributed by atoms with Gasteiger partial charge in [-0.25, -0.2) is 4.79 Å². The van der Waals surface area contributed by atoms with Gasteiger partial charge in [0, 0.05) is 36.8 Å². The van der Waals surface area contributed by atoms with Gasteiger partial charge in [-0.15, -0.1) is 28.1 Å². The SMILES string of the molecule is C=CCn1c(Cc2cccn2C)nnc1SCC(=O)Nc1sc(C)c(C)c1C(=O)OCC. The fourth-order valence-corrected chi connectivity index (χ4v) is 5.00. The molecule has 0 unspecified atom stereocenters. The van der Waals surface area contributed by atoms with Gasteiger partial charge in [-0.05, 0) is 38.5 Å². The highest BCUT2D eigenvalue weighted by Gasteiger charge is 2.22. The van der Waals surface area contributed by atoms with Crippen LogP contribution in [0.4, 0.5) is 5.00 Å². The minimum Gasteiger partial charge on any atom is -0.462 e. The Labute approximate surface area is 195 Å². The number of carbonyl (C=O) groups excluding carboxylic acids is 2. The molecule has 1 amide bonds. The van der Waals surface area contributed by atoms with Crippen molar-refractivity contribution in [2.24, 2.45) is 7.05 Å². The number of thioether (sulfide) groups is 1. The molecule has 170 valence electrons. The summed E-state index contributed by atoms with van der Waals surface area (Å²) in [5, 5.41) is 12.6. The van der Waals surface area contributed by atoms with Crippen molar-refractivity contribution in [1.82, 2.24) is 19.3 Å². The van der Waals surface area contributed by atoms with E-state index in [4.69, 9.17) is 4.74 Å². The van der Waals surface area contributed by atoms with Gasteiger partial charge in [0.1, 0.15) is 10.8 Å². The Bertz CT molecular complexity index is 1130. The summed E-state index contributed by atoms with van der Waals surface area (Å²) in [5.41, 5.74) is 2.37. The molecular formula is C22H27N5O3S2. The lowest BCUT2D eigenvalue weighted by Crippen LogP contribution is -2.17. The number of nitrogens with one attached hydrogen (secondary N) is 1. The molecule has 0 aliphatic rings. The molecule has 0 saturated carbocycles. The molecule has 8 nitrogen and oxygen atoms in total. The summed E-state index contributed by atoms with van der Waals surface area (Å²) in [5.74, 6) is 0.300. The lowest BCUT2D eigenvalue weighted by molar-refractivity contribution is -0.113. The fourth-order valence-electron chi connectivity index (χ4n) is 3.17. The normalized spacial score (nSPS) is 10.9. The number of ether oxygens (including phenoxy) is 1. The predicted octanol–water partition coefficient (Wildman–Crippen LogP) is 3.98. The van der Waals surface area contributed by atoms with Crippen LogP contribution in [0.15, 0.2) is 36.1 Å². The molecular weight excluding hydrogens is 446 g/mol. The summed E-state index contributed by atoms with van der Waals surface area (Å²) in [6.07, 6.45) is 4.40. The fraction of sp³-hybridized carbons (Fsp3) is 0.364. The molecule has 0 spiro atoms. The van der Waals surface area contributed by atoms with Gasteiger partial charge >= 0.3 is 5.97 Å². The molecule has 3 aromatic heterocycles. The number of allylic oxidation sites excluding steroid dienone is 1. The molecule has 3 rings (SSSR count). The van der Waals surface area contributed by atoms with Gasteiger partial charge in [-0.1, -0.05) is 17.8 Å². The number of aryl methyl sites for hydroxylation is 2. The Kier molecular flexibility index (Phi) is 7.92. The molecule has 0 radical (unpaired) electrons. The monoisotopic (exact) mass is 473 g/mol. The highest BCUT2D eigenvalue weighted by Crippen LogP contribution is 2.33. The van der Waals surface area contributed by atoms with Crippen molar-refractivity contribution in [1.29, 1.82) is 0 Å². The number of hydrogen-bond acceptors (Lipinski definition) is 7. The zero-order valence-electron chi connectivity index (χ0n) is 18.7. The van der Waals surface area contributed by atoms with Gasteiger partial charge in [0.05, 0.1) is 17.9 Å². The van der Waals surface area contributed by atoms with E-state index in [9.17, 15) is 9.59 Å². The maximum Gasteiger partial charge on any atom is 0.341 e. The molecule has 0 aliphatic carbocycles. The number of thiophene rings is 1. The maximum atomic E-state index is 12.7. The van der Waals surface area contributed by atoms with Gasteiger partial charge in [0.15, 0.2) is 5.16 Å². The first-order valence-corrected chi connectivity index (χ1v) is 12.0. The van der Waals surface area contributed by atoms with Gasteiger partial charge < -0.3 is 19.2 Å². The molecule has 0 saturated heterocycles. The summed E-state index contributed by atoms with van der Waals surface area (Å²) >= 11 is 2.67. The molecule has 3 aromatic rings. The van der Waals surface area contributed by atoms with Crippen molar-refractivity contribution in [3.8, 4) is 0 Å². The van der Waals surface area contributed by atoms with Crippen LogP contribution >= 0.6 is 23.1 Å². The van der Waals surface area contributed by atoms with Gasteiger partial charge in [-0.2, -0.15) is 0 Å². The molecule has 0 fully saturated rings. The highest BCUT2D eigenvalue weighted by molar-refractivity contribution is 7.99. The van der Waals surface area contributed by atoms with Crippen LogP contribution in [0.2, 0.25) is 0 Å². The quantitative estimate of drug-likeness (QED) is 0.272. The van der Waals surface area contributed by atoms with E-state index in [1.165, 1.54) is 23.1 Å². The Morgan fingerprint density at radius 1 is 1.34 bits per heavy atom. The number of rotatable bonds is 10. The molecule has 0 aliphatic heterocycles. The largest absolute Gasteiger partial charge is 0.462 e. The van der Waals surface area contributed by atoms with Crippen molar-refractivity contribution in [2.45, 2.75) is 38.9 Å². The summed E-state index contributed by atoms with van der Waals surface area (Å²) in [6, 6.07) is 4.03. The van der Waals surface area contributed by atoms with E-state index >= 15 is 0 Å². The zero-order valence-corrected chi connectivity index (χ0v) is 20.3. The maximum absolute atomic E-state index is 12.7. The number of aromatic nitrogens is 4. The highest BCUT2D eigenvalue weighted by atomic mass is 32.2. The van der Waals surface area contributed by atoms with Crippen LogP contribution in [0.5, 0.6) is 0 Å². The van der Waals surface area contributed by atoms with Crippen LogP contribution in [0.25, 0.3) is 0 Å². The summed E-state index contributed by atoms with van der Waals surface area (Å²) in [6.45, 7) is 10.2. The number of anilines is 1. The van der Waals surface area contributed by atoms with E-state index in [-0.39, 0.29) is 18.3 Å². The standard InChI is InChI=1S/C22H27N5O3S2/c1-6-10-27-17(12-16-9-8-11-26(16)5)24-25-22(27)31-13-18(28)23-20-19(21(29)30-7-2)14(3)15(4)32-20/h6,8-9,11H,1,7,10,12-13H2,2-5H3,(H,23,28). The Balaban J connectivity index is 1.70. The minimum atomic E-state index is -0.423. The molecule has 0 bridgehead atoms. The van der Waals surface area contributed by atoms with Crippen molar-refractivity contribution in [3.63, 3.8) is 0 Å². The summed E-state index contributed by atoms with van der Waals surface area (Å²) in [7, 11) is 1.99. The average molecular weight is 474 g/mol. The Hall–Kier alpha value is -2.85. The molecule has 32 heavy (non-hydrogen) atoms. The summed E-state index contributed by atoms with van der Waals surface area (Å²) in [4.78, 5) is 26.0. The smallest absolute Gasteiger partial charge is 0.341 e. The van der Waals surface area contributed by atoms with E-state index in [1.807, 2.05) is 48.4 Å². The van der Waals surface area contributed by atoms with E-state index in [0.29, 0.717) is 28.7 Å². The van der Waals surface area contributed by atoms with E-state index in [2.05, 4.69) is 22.1 Å². The van der Waals surface area contributed by atoms with Gasteiger partial charge in [0.2, 0.25) is 5.91 Å². The molecule has 10 heteroatoms. The second-order valence-corrected chi connectivity index (χ2v) is 9.30. The van der Waals surface area contributed by atoms with Crippen molar-refractivity contribution >= 4 is 40.0 Å². The number of nitrogens with zero attached hydrogens (tertiary/aromatic N) is 4. The topological polar surface area (TPSA) is 91.0 Å². The number of amides is 1. The molecule has 0 atom stereocenters. The number of esters is 1. The van der Waals surface area contributed by atoms with E-state index in [1.54, 1.807) is 13.0 Å². The Morgan fingerprint density at radius 2 is 2.12 bits per heavy atom. The first-order chi connectivity index (χ1) is 15.3. The van der Waals surface area contributed by atoms with Gasteiger partial charge in [0.25, 0.3) is 0 Å². The van der Waals surface area contributed by atoms with E-state index < -0.39 is 5.97 Å². The van der Waals surface area contributed by atoms with Crippen molar-refractivity contribution < 1.29 is 14.3 Å². The van der Waals surface area contributed by atoms with Gasteiger partial charge in [-0.3, -0.25) is 4.79 Å². The lowest BCUT2D eigenvalue weighted by Gasteiger charge is -2.09. The molecule has 1 N–H and O–H groups in total. The third kappa shape index (κ3) is 5.31. The van der Waals surface area contributed by atoms with Crippen LogP contribution in [-0.4, -0.2) is 43.6 Å². The Morgan fingerprint density at radius 3 is 2.78 bits per heavy atom. The van der Waals surface area contributed by atoms with E-state index in [0.717, 1.165) is 22.0 Å². The van der Waals surface area contributed by atoms with Crippen LogP contribution in [0, 0.1) is 13.8 Å². The second kappa shape index (κ2) is 10.6. The van der Waals surface area contributed by atoms with Crippen LogP contribution in [0.3, 0.4) is 0 Å². The van der Waals surface area contributed by atoms with Crippen molar-refractivity contribution in [2.75, 3.05) is 17.7 Å². The first kappa shape index (κ1) is 23.8. The minimum absolute atomic E-state index is 0.137. The number of carbonyl (C=O) groups is 2. The third-order valence-corrected chi connectivity index (χ3v) is 7.04. The van der Waals surface area contributed by atoms with Crippen LogP contribution in [-0.2, 0) is 29.5 Å². The van der Waals surface area contributed by atoms with Crippen molar-refractivity contribution in [3.05, 3.63) is 58.5 Å². The third-order valence-electron chi connectivity index (χ3n) is 4.95. The lowest BCUT2D eigenvalue weighted by atomic mass is 10.1. The zero-order chi connectivity index (χ0) is 23.3. The number of hydrogen-bond donors (Lipinski definition) is 1. The second-order valence-electron chi connectivity index (χ2n) is 7.13. The summed E-state index contributed by atoms with van der Waals surface area (Å²) < 4.78 is 9.15. The first-order valence-electron chi connectivity index (χ1n) is 10.2. The average Bonchev–Trinajstić information content (AvgIpc) is 3.40. The van der Waals surface area contributed by atoms with Crippen LogP contribution < -0.4 is 5.32 Å².